The van der Waals surface area contributed by atoms with Gasteiger partial charge in [-0.2, -0.15) is 26.3 Å². The Morgan fingerprint density at radius 2 is 1.20 bits per heavy atom. The van der Waals surface area contributed by atoms with Crippen LogP contribution in [0.3, 0.4) is 0 Å². The summed E-state index contributed by atoms with van der Waals surface area (Å²) >= 11 is 2.20. The molecule has 10 heteroatoms. The molecular formula is C35H20F6N2S2. The lowest BCUT2D eigenvalue weighted by molar-refractivity contribution is -0.254. The Morgan fingerprint density at radius 3 is 1.91 bits per heavy atom. The average Bonchev–Trinajstić information content (AvgIpc) is 3.55. The van der Waals surface area contributed by atoms with E-state index in [0.717, 1.165) is 39.0 Å². The van der Waals surface area contributed by atoms with Crippen LogP contribution in [0.4, 0.5) is 26.3 Å². The molecule has 0 N–H and O–H groups in total. The summed E-state index contributed by atoms with van der Waals surface area (Å²) in [6, 6.07) is 22.8. The number of aromatic nitrogens is 2. The van der Waals surface area contributed by atoms with E-state index >= 15 is 26.3 Å². The van der Waals surface area contributed by atoms with Crippen LogP contribution in [0, 0.1) is 13.8 Å². The number of alkyl halides is 6. The fraction of sp³-hybridized carbons (Fsp3) is 0.143. The van der Waals surface area contributed by atoms with Gasteiger partial charge in [-0.15, -0.1) is 22.7 Å². The summed E-state index contributed by atoms with van der Waals surface area (Å²) < 4.78 is 94.7. The first-order valence-electron chi connectivity index (χ1n) is 14.0. The van der Waals surface area contributed by atoms with E-state index in [9.17, 15) is 0 Å². The maximum atomic E-state index is 15.9. The Labute approximate surface area is 260 Å². The van der Waals surface area contributed by atoms with Gasteiger partial charge in [-0.25, -0.2) is 4.98 Å². The molecule has 8 rings (SSSR count). The number of halogens is 6. The number of nitrogens with zero attached hydrogens (tertiary/aromatic N) is 2. The Hall–Kier alpha value is -4.28. The SMILES string of the molecule is Cc1sc2ccccc2c1C1=C(c2c(C)sc3cc(-c4ccc5ccc6cccnc6c5n4)ccc23)C(F)(F)C(F)(F)C1(F)F. The number of allylic oxidation sites excluding steroid dienone is 2. The van der Waals surface area contributed by atoms with E-state index in [4.69, 9.17) is 4.98 Å². The van der Waals surface area contributed by atoms with Crippen LogP contribution < -0.4 is 0 Å². The van der Waals surface area contributed by atoms with Gasteiger partial charge in [0.25, 0.3) is 0 Å². The summed E-state index contributed by atoms with van der Waals surface area (Å²) in [6.07, 6.45) is 1.69. The zero-order valence-corrected chi connectivity index (χ0v) is 25.2. The Bertz CT molecular complexity index is 2400. The molecule has 3 aromatic carbocycles. The molecule has 0 amide bonds. The molecule has 45 heavy (non-hydrogen) atoms. The van der Waals surface area contributed by atoms with Crippen molar-refractivity contribution in [1.82, 2.24) is 9.97 Å². The highest BCUT2D eigenvalue weighted by molar-refractivity contribution is 7.19. The quantitative estimate of drug-likeness (QED) is 0.141. The van der Waals surface area contributed by atoms with Crippen molar-refractivity contribution in [2.24, 2.45) is 0 Å². The first-order chi connectivity index (χ1) is 21.4. The highest BCUT2D eigenvalue weighted by Crippen LogP contribution is 2.67. The molecule has 0 saturated heterocycles. The van der Waals surface area contributed by atoms with Gasteiger partial charge in [-0.3, -0.25) is 4.98 Å². The first-order valence-corrected chi connectivity index (χ1v) is 15.6. The van der Waals surface area contributed by atoms with Gasteiger partial charge in [0, 0.05) is 74.7 Å². The monoisotopic (exact) mass is 646 g/mol. The maximum absolute atomic E-state index is 15.9. The topological polar surface area (TPSA) is 25.8 Å². The van der Waals surface area contributed by atoms with Crippen molar-refractivity contribution < 1.29 is 26.3 Å². The molecule has 0 saturated carbocycles. The molecule has 0 fully saturated rings. The molecule has 4 heterocycles. The van der Waals surface area contributed by atoms with E-state index in [2.05, 4.69) is 4.98 Å². The Kier molecular flexibility index (Phi) is 5.87. The Balaban J connectivity index is 1.37. The van der Waals surface area contributed by atoms with Crippen molar-refractivity contribution in [2.75, 3.05) is 0 Å². The summed E-state index contributed by atoms with van der Waals surface area (Å²) in [5.74, 6) is -15.9. The normalized spacial score (nSPS) is 17.3. The van der Waals surface area contributed by atoms with E-state index in [1.54, 1.807) is 36.5 Å². The van der Waals surface area contributed by atoms with Gasteiger partial charge >= 0.3 is 17.8 Å². The maximum Gasteiger partial charge on any atom is 0.380 e. The second-order valence-electron chi connectivity index (χ2n) is 11.2. The van der Waals surface area contributed by atoms with Crippen molar-refractivity contribution in [3.8, 4) is 11.3 Å². The van der Waals surface area contributed by atoms with Crippen molar-refractivity contribution in [3.05, 3.63) is 106 Å². The summed E-state index contributed by atoms with van der Waals surface area (Å²) in [4.78, 5) is 9.84. The van der Waals surface area contributed by atoms with Gasteiger partial charge in [-0.1, -0.05) is 54.6 Å². The van der Waals surface area contributed by atoms with Crippen molar-refractivity contribution in [3.63, 3.8) is 0 Å². The lowest BCUT2D eigenvalue weighted by atomic mass is 9.91. The van der Waals surface area contributed by atoms with E-state index in [1.165, 1.54) is 26.0 Å². The lowest BCUT2D eigenvalue weighted by Gasteiger charge is -2.26. The molecule has 0 radical (unpaired) electrons. The van der Waals surface area contributed by atoms with E-state index in [1.807, 2.05) is 36.4 Å². The molecule has 0 unspecified atom stereocenters. The molecular weight excluding hydrogens is 627 g/mol. The third kappa shape index (κ3) is 3.75. The van der Waals surface area contributed by atoms with Crippen LogP contribution in [-0.2, 0) is 0 Å². The second-order valence-corrected chi connectivity index (χ2v) is 13.7. The molecule has 2 nitrogen and oxygen atoms in total. The minimum absolute atomic E-state index is 0.201. The first kappa shape index (κ1) is 28.2. The highest BCUT2D eigenvalue weighted by atomic mass is 32.1. The predicted octanol–water partition coefficient (Wildman–Crippen LogP) is 11.3. The van der Waals surface area contributed by atoms with Crippen LogP contribution in [0.1, 0.15) is 20.9 Å². The summed E-state index contributed by atoms with van der Waals surface area (Å²) in [5.41, 5.74) is -0.492. The third-order valence-electron chi connectivity index (χ3n) is 8.53. The molecule has 0 atom stereocenters. The fourth-order valence-corrected chi connectivity index (χ4v) is 8.62. The number of hydrogen-bond donors (Lipinski definition) is 0. The van der Waals surface area contributed by atoms with E-state index < -0.39 is 28.9 Å². The molecule has 0 bridgehead atoms. The highest BCUT2D eigenvalue weighted by Gasteiger charge is 2.80. The number of thiophene rings is 2. The van der Waals surface area contributed by atoms with Crippen LogP contribution in [0.25, 0.3) is 64.4 Å². The van der Waals surface area contributed by atoms with Gasteiger partial charge in [0.2, 0.25) is 0 Å². The number of rotatable bonds is 3. The van der Waals surface area contributed by atoms with E-state index in [-0.39, 0.29) is 31.7 Å². The van der Waals surface area contributed by atoms with Gasteiger partial charge in [0.1, 0.15) is 0 Å². The van der Waals surface area contributed by atoms with Crippen LogP contribution in [0.15, 0.2) is 85.1 Å². The smallest absolute Gasteiger partial charge is 0.254 e. The molecule has 224 valence electrons. The third-order valence-corrected chi connectivity index (χ3v) is 10.7. The standard InChI is InChI=1S/C35H20F6N2S2/c1-17-27(22-7-3-4-8-25(22)44-17)29-30(34(38,39)35(40,41)33(29,36)37)28-18(2)45-26-16-21(11-13-23(26)28)24-14-12-20-10-9-19-6-5-15-42-31(19)32(20)43-24/h3-16H,1-2H3. The van der Waals surface area contributed by atoms with Crippen LogP contribution >= 0.6 is 22.7 Å². The summed E-state index contributed by atoms with van der Waals surface area (Å²) in [5, 5.41) is 2.25. The molecule has 1 aliphatic carbocycles. The van der Waals surface area contributed by atoms with Crippen molar-refractivity contribution >= 4 is 75.8 Å². The number of aryl methyl sites for hydroxylation is 2. The van der Waals surface area contributed by atoms with Gasteiger partial charge < -0.3 is 0 Å². The molecule has 0 spiro atoms. The fourth-order valence-electron chi connectivity index (χ4n) is 6.44. The number of pyridine rings is 2. The molecule has 7 aromatic rings. The molecule has 0 aliphatic heterocycles. The largest absolute Gasteiger partial charge is 0.380 e. The van der Waals surface area contributed by atoms with Crippen LogP contribution in [0.5, 0.6) is 0 Å². The molecule has 1 aliphatic rings. The summed E-state index contributed by atoms with van der Waals surface area (Å²) in [6.45, 7) is 3.00. The summed E-state index contributed by atoms with van der Waals surface area (Å²) in [7, 11) is 0. The average molecular weight is 647 g/mol. The number of hydrogen-bond acceptors (Lipinski definition) is 4. The van der Waals surface area contributed by atoms with Gasteiger partial charge in [0.05, 0.1) is 16.7 Å². The second kappa shape index (κ2) is 9.37. The van der Waals surface area contributed by atoms with Gasteiger partial charge in [0.15, 0.2) is 0 Å². The zero-order valence-electron chi connectivity index (χ0n) is 23.6. The van der Waals surface area contributed by atoms with Crippen LogP contribution in [0.2, 0.25) is 0 Å². The van der Waals surface area contributed by atoms with E-state index in [0.29, 0.717) is 26.2 Å². The zero-order chi connectivity index (χ0) is 31.5. The number of benzene rings is 3. The Morgan fingerprint density at radius 1 is 0.600 bits per heavy atom. The number of fused-ring (bicyclic) bond motifs is 5. The van der Waals surface area contributed by atoms with Crippen molar-refractivity contribution in [2.45, 2.75) is 31.6 Å². The minimum Gasteiger partial charge on any atom is -0.254 e. The van der Waals surface area contributed by atoms with Crippen LogP contribution in [-0.4, -0.2) is 27.7 Å². The predicted molar refractivity (Wildman–Crippen MR) is 171 cm³/mol. The van der Waals surface area contributed by atoms with Gasteiger partial charge in [-0.05, 0) is 38.1 Å². The lowest BCUT2D eigenvalue weighted by Crippen LogP contribution is -2.48. The minimum atomic E-state index is -5.63. The van der Waals surface area contributed by atoms with Crippen molar-refractivity contribution in [1.29, 1.82) is 0 Å². The molecule has 4 aromatic heterocycles.